The van der Waals surface area contributed by atoms with E-state index >= 15 is 0 Å². The van der Waals surface area contributed by atoms with Crippen LogP contribution in [-0.4, -0.2) is 23.4 Å². The maximum atomic E-state index is 12.6. The van der Waals surface area contributed by atoms with Gasteiger partial charge in [0.1, 0.15) is 0 Å². The van der Waals surface area contributed by atoms with E-state index in [4.69, 9.17) is 15.0 Å². The van der Waals surface area contributed by atoms with Gasteiger partial charge in [0, 0.05) is 18.2 Å². The molecule has 0 bridgehead atoms. The number of alkyl halides is 3. The number of benzene rings is 1. The third-order valence-corrected chi connectivity index (χ3v) is 3.35. The molecule has 5 nitrogen and oxygen atoms in total. The highest BCUT2D eigenvalue weighted by Gasteiger charge is 2.31. The van der Waals surface area contributed by atoms with Gasteiger partial charge >= 0.3 is 6.18 Å². The summed E-state index contributed by atoms with van der Waals surface area (Å²) >= 11 is 0. The van der Waals surface area contributed by atoms with Crippen LogP contribution in [-0.2, 0) is 10.9 Å². The summed E-state index contributed by atoms with van der Waals surface area (Å²) in [6, 6.07) is 3.03. The largest absolute Gasteiger partial charge is 0.416 e. The number of anilines is 1. The van der Waals surface area contributed by atoms with Crippen molar-refractivity contribution in [3.8, 4) is 11.5 Å². The Morgan fingerprint density at radius 1 is 1.29 bits per heavy atom. The molecule has 0 spiro atoms. The van der Waals surface area contributed by atoms with Gasteiger partial charge in [-0.2, -0.15) is 18.2 Å². The number of ether oxygens (including phenoxy) is 1. The fourth-order valence-electron chi connectivity index (χ4n) is 2.18. The van der Waals surface area contributed by atoms with Crippen molar-refractivity contribution in [2.45, 2.75) is 18.5 Å². The molecule has 1 aliphatic heterocycles. The average Bonchev–Trinajstić information content (AvgIpc) is 3.08. The number of hydrogen-bond acceptors (Lipinski definition) is 5. The molecule has 3 rings (SSSR count). The van der Waals surface area contributed by atoms with Gasteiger partial charge in [-0.05, 0) is 24.6 Å². The summed E-state index contributed by atoms with van der Waals surface area (Å²) in [6.45, 7) is 1.15. The van der Waals surface area contributed by atoms with Crippen LogP contribution in [0, 0.1) is 0 Å². The smallest absolute Gasteiger partial charge is 0.398 e. The van der Waals surface area contributed by atoms with Gasteiger partial charge in [0.2, 0.25) is 0 Å². The molecule has 1 unspecified atom stereocenters. The predicted molar refractivity (Wildman–Crippen MR) is 67.3 cm³/mol. The Bertz CT molecular complexity index is 648. The van der Waals surface area contributed by atoms with Crippen molar-refractivity contribution in [2.75, 3.05) is 18.9 Å². The Hall–Kier alpha value is -2.09. The first-order valence-corrected chi connectivity index (χ1v) is 6.33. The molecule has 0 saturated carbocycles. The first-order chi connectivity index (χ1) is 9.95. The fourth-order valence-corrected chi connectivity index (χ4v) is 2.18. The molecule has 2 aromatic rings. The first kappa shape index (κ1) is 13.9. The van der Waals surface area contributed by atoms with Crippen molar-refractivity contribution >= 4 is 5.69 Å². The highest BCUT2D eigenvalue weighted by atomic mass is 19.4. The first-order valence-electron chi connectivity index (χ1n) is 6.33. The number of aromatic nitrogens is 2. The van der Waals surface area contributed by atoms with Crippen LogP contribution in [0.2, 0.25) is 0 Å². The summed E-state index contributed by atoms with van der Waals surface area (Å²) in [5, 5.41) is 3.84. The van der Waals surface area contributed by atoms with Gasteiger partial charge < -0.3 is 15.0 Å². The summed E-state index contributed by atoms with van der Waals surface area (Å²) in [6.07, 6.45) is -3.64. The minimum absolute atomic E-state index is 0.0531. The second-order valence-corrected chi connectivity index (χ2v) is 4.82. The maximum absolute atomic E-state index is 12.6. The molecule has 2 heterocycles. The zero-order valence-electron chi connectivity index (χ0n) is 10.9. The van der Waals surface area contributed by atoms with E-state index < -0.39 is 11.7 Å². The highest BCUT2D eigenvalue weighted by molar-refractivity contribution is 5.71. The summed E-state index contributed by atoms with van der Waals surface area (Å²) in [5.41, 5.74) is 5.09. The predicted octanol–water partition coefficient (Wildman–Crippen LogP) is 2.84. The van der Waals surface area contributed by atoms with E-state index in [2.05, 4.69) is 10.1 Å². The van der Waals surface area contributed by atoms with E-state index in [1.165, 1.54) is 6.07 Å². The van der Waals surface area contributed by atoms with Gasteiger partial charge in [-0.1, -0.05) is 5.16 Å². The lowest BCUT2D eigenvalue weighted by Gasteiger charge is -2.08. The molecule has 0 amide bonds. The third kappa shape index (κ3) is 2.71. The van der Waals surface area contributed by atoms with Crippen LogP contribution in [0.1, 0.15) is 23.7 Å². The molecule has 2 N–H and O–H groups in total. The van der Waals surface area contributed by atoms with E-state index in [1.807, 2.05) is 0 Å². The van der Waals surface area contributed by atoms with Crippen LogP contribution in [0.3, 0.4) is 0 Å². The van der Waals surface area contributed by atoms with Crippen LogP contribution in [0.5, 0.6) is 0 Å². The van der Waals surface area contributed by atoms with Crippen LogP contribution in [0.15, 0.2) is 22.7 Å². The monoisotopic (exact) mass is 299 g/mol. The van der Waals surface area contributed by atoms with E-state index in [9.17, 15) is 13.2 Å². The van der Waals surface area contributed by atoms with E-state index in [0.29, 0.717) is 24.6 Å². The molecule has 1 fully saturated rings. The molecule has 1 aliphatic rings. The lowest BCUT2D eigenvalue weighted by atomic mass is 10.1. The Kier molecular flexibility index (Phi) is 3.32. The van der Waals surface area contributed by atoms with Crippen LogP contribution in [0.25, 0.3) is 11.5 Å². The number of hydrogen-bond donors (Lipinski definition) is 1. The standard InChI is InChI=1S/C13H12F3N3O2/c14-13(15,16)8-1-2-9(10(17)5-8)12-18-11(19-21-12)7-3-4-20-6-7/h1-2,5,7H,3-4,6,17H2. The van der Waals surface area contributed by atoms with Crippen molar-refractivity contribution in [1.82, 2.24) is 10.1 Å². The molecule has 8 heteroatoms. The van der Waals surface area contributed by atoms with Crippen molar-refractivity contribution in [3.05, 3.63) is 29.6 Å². The van der Waals surface area contributed by atoms with Crippen molar-refractivity contribution < 1.29 is 22.4 Å². The summed E-state index contributed by atoms with van der Waals surface area (Å²) in [4.78, 5) is 4.20. The Morgan fingerprint density at radius 2 is 2.10 bits per heavy atom. The lowest BCUT2D eigenvalue weighted by molar-refractivity contribution is -0.137. The fraction of sp³-hybridized carbons (Fsp3) is 0.385. The number of nitrogen functional groups attached to an aromatic ring is 1. The highest BCUT2D eigenvalue weighted by Crippen LogP contribution is 2.34. The number of nitrogens with zero attached hydrogens (tertiary/aromatic N) is 2. The number of halogens is 3. The second-order valence-electron chi connectivity index (χ2n) is 4.82. The van der Waals surface area contributed by atoms with Gasteiger partial charge in [-0.15, -0.1) is 0 Å². The maximum Gasteiger partial charge on any atom is 0.416 e. The summed E-state index contributed by atoms with van der Waals surface area (Å²) < 4.78 is 48.1. The van der Waals surface area contributed by atoms with Crippen molar-refractivity contribution in [3.63, 3.8) is 0 Å². The van der Waals surface area contributed by atoms with Crippen LogP contribution in [0.4, 0.5) is 18.9 Å². The zero-order valence-corrected chi connectivity index (χ0v) is 10.9. The molecule has 0 radical (unpaired) electrons. The van der Waals surface area contributed by atoms with E-state index in [-0.39, 0.29) is 17.5 Å². The molecular weight excluding hydrogens is 287 g/mol. The molecule has 1 saturated heterocycles. The minimum Gasteiger partial charge on any atom is -0.398 e. The molecule has 1 aromatic carbocycles. The Labute approximate surface area is 117 Å². The molecule has 1 atom stereocenters. The Balaban J connectivity index is 1.90. The summed E-state index contributed by atoms with van der Waals surface area (Å²) in [5.74, 6) is 0.656. The van der Waals surface area contributed by atoms with Crippen molar-refractivity contribution in [1.29, 1.82) is 0 Å². The second kappa shape index (κ2) is 5.03. The number of rotatable bonds is 2. The van der Waals surface area contributed by atoms with Gasteiger partial charge in [-0.3, -0.25) is 0 Å². The van der Waals surface area contributed by atoms with Crippen LogP contribution >= 0.6 is 0 Å². The van der Waals surface area contributed by atoms with Gasteiger partial charge in [-0.25, -0.2) is 0 Å². The molecule has 0 aliphatic carbocycles. The minimum atomic E-state index is -4.44. The zero-order chi connectivity index (χ0) is 15.0. The molecular formula is C13H12F3N3O2. The number of nitrogens with two attached hydrogens (primary N) is 1. The third-order valence-electron chi connectivity index (χ3n) is 3.35. The van der Waals surface area contributed by atoms with Crippen LogP contribution < -0.4 is 5.73 Å². The average molecular weight is 299 g/mol. The lowest BCUT2D eigenvalue weighted by Crippen LogP contribution is -2.06. The molecule has 1 aromatic heterocycles. The van der Waals surface area contributed by atoms with Gasteiger partial charge in [0.25, 0.3) is 5.89 Å². The molecule has 21 heavy (non-hydrogen) atoms. The molecule has 112 valence electrons. The Morgan fingerprint density at radius 3 is 2.71 bits per heavy atom. The van der Waals surface area contributed by atoms with Crippen molar-refractivity contribution in [2.24, 2.45) is 0 Å². The van der Waals surface area contributed by atoms with Gasteiger partial charge in [0.05, 0.1) is 17.7 Å². The van der Waals surface area contributed by atoms with Gasteiger partial charge in [0.15, 0.2) is 5.82 Å². The quantitative estimate of drug-likeness (QED) is 0.863. The topological polar surface area (TPSA) is 74.2 Å². The van der Waals surface area contributed by atoms with E-state index in [0.717, 1.165) is 18.6 Å². The summed E-state index contributed by atoms with van der Waals surface area (Å²) in [7, 11) is 0. The van der Waals surface area contributed by atoms with E-state index in [1.54, 1.807) is 0 Å². The normalized spacial score (nSPS) is 19.1. The SMILES string of the molecule is Nc1cc(C(F)(F)F)ccc1-c1nc(C2CCOC2)no1.